The first-order valence-electron chi connectivity index (χ1n) is 29.0. The first-order chi connectivity index (χ1) is 40.5. The Morgan fingerprint density at radius 1 is 0.586 bits per heavy atom. The van der Waals surface area contributed by atoms with Gasteiger partial charge in [-0.3, -0.25) is 14.4 Å². The van der Waals surface area contributed by atoms with Crippen LogP contribution in [0, 0.1) is 57.3 Å². The van der Waals surface area contributed by atoms with E-state index in [4.69, 9.17) is 18.6 Å². The van der Waals surface area contributed by atoms with Crippen molar-refractivity contribution in [1.29, 1.82) is 0 Å². The number of rotatable bonds is 10. The average Bonchev–Trinajstić information content (AvgIpc) is 4.45. The molecule has 3 aliphatic rings. The topological polar surface area (TPSA) is 299 Å². The van der Waals surface area contributed by atoms with E-state index >= 15 is 0 Å². The second kappa shape index (κ2) is 44.4. The molecule has 0 radical (unpaired) electrons. The number of tetrazole rings is 1. The molecule has 8 rings (SSSR count). The van der Waals surface area contributed by atoms with Gasteiger partial charge >= 0.3 is 0 Å². The Kier molecular flexibility index (Phi) is 41.8. The monoisotopic (exact) mass is 1270 g/mol. The number of H-pyrrole nitrogens is 1. The fraction of sp³-hybridized carbons (Fsp3) is 0.590. The molecule has 0 saturated carbocycles. The summed E-state index contributed by atoms with van der Waals surface area (Å²) in [5.74, 6) is 9.23. The molecule has 23 nitrogen and oxygen atoms in total. The molecule has 2 amide bonds. The second-order valence-corrected chi connectivity index (χ2v) is 24.9. The van der Waals surface area contributed by atoms with E-state index in [1.165, 1.54) is 41.1 Å². The van der Waals surface area contributed by atoms with Crippen LogP contribution in [0.25, 0.3) is 0 Å². The molecule has 3 aliphatic heterocycles. The van der Waals surface area contributed by atoms with Gasteiger partial charge in [0.25, 0.3) is 0 Å². The first kappa shape index (κ1) is 82.0. The molecule has 488 valence electrons. The van der Waals surface area contributed by atoms with Crippen LogP contribution >= 0.6 is 35.2 Å². The van der Waals surface area contributed by atoms with E-state index in [9.17, 15) is 14.4 Å². The molecule has 0 atom stereocenters. The molecular formula is C61H104N16O7S3. The fourth-order valence-corrected chi connectivity index (χ4v) is 7.69. The Morgan fingerprint density at radius 2 is 1.10 bits per heavy atom. The van der Waals surface area contributed by atoms with Gasteiger partial charge in [-0.05, 0) is 76.2 Å². The molecule has 8 heterocycles. The van der Waals surface area contributed by atoms with Gasteiger partial charge in [0.15, 0.2) is 11.3 Å². The van der Waals surface area contributed by atoms with Crippen molar-refractivity contribution in [2.75, 3.05) is 14.1 Å². The predicted octanol–water partition coefficient (Wildman–Crippen LogP) is 13.7. The zero-order valence-electron chi connectivity index (χ0n) is 56.8. The molecule has 87 heavy (non-hydrogen) atoms. The lowest BCUT2D eigenvalue weighted by molar-refractivity contribution is -0.124. The van der Waals surface area contributed by atoms with Crippen molar-refractivity contribution in [1.82, 2.24) is 65.2 Å². The maximum atomic E-state index is 11.4. The summed E-state index contributed by atoms with van der Waals surface area (Å²) in [5.41, 5.74) is 11.2. The maximum absolute atomic E-state index is 11.4. The van der Waals surface area contributed by atoms with Gasteiger partial charge in [-0.1, -0.05) is 155 Å². The number of carbonyl (C=O) groups excluding carboxylic acids is 2. The van der Waals surface area contributed by atoms with Crippen molar-refractivity contribution in [2.24, 2.45) is 44.6 Å². The van der Waals surface area contributed by atoms with Crippen LogP contribution in [-0.4, -0.2) is 82.3 Å². The molecule has 26 heteroatoms. The Balaban J connectivity index is 0. The lowest BCUT2D eigenvalue weighted by Crippen LogP contribution is -2.22. The minimum atomic E-state index is 0.0972. The Morgan fingerprint density at radius 3 is 1.30 bits per heavy atom. The van der Waals surface area contributed by atoms with E-state index in [0.29, 0.717) is 58.8 Å². The van der Waals surface area contributed by atoms with Gasteiger partial charge in [-0.15, -0.1) is 10.2 Å². The third kappa shape index (κ3) is 36.6. The molecular weight excluding hydrogens is 1160 g/mol. The fourth-order valence-electron chi connectivity index (χ4n) is 5.62. The van der Waals surface area contributed by atoms with Crippen LogP contribution in [0.2, 0.25) is 0 Å². The summed E-state index contributed by atoms with van der Waals surface area (Å²) in [4.78, 5) is 55.2. The summed E-state index contributed by atoms with van der Waals surface area (Å²) in [6.07, 6.45) is 3.01. The molecule has 6 N–H and O–H groups in total. The lowest BCUT2D eigenvalue weighted by atomic mass is 10.0. The standard InChI is InChI=1S/C9H12O2.C7H11NO.C7H11NS.2C6H10N2O.2C6H10N2S.2C5H11NO.C4H8N4/c1-6(2)8-5-11-4-7(3)9(8)10;2*1-5(2)7-4-6(3)8-9-7;3*1-4(2)6-7-5(3)9-8-6;1-4(2)6-5(3)7-9-8-6;2*1-4(2)5(7)6-3;1-3(2)4-5-7-8-6-4/h4-6H,1-3H3;2*4-5H,1-3H3;3*4H,3H2,1-2H3,(H,7,8);4H,1-3H3;2*4H,1-3H3,(H,6,7);3H,1-2H3,(H,5,6,7,8). The van der Waals surface area contributed by atoms with Crippen LogP contribution in [0.5, 0.6) is 0 Å². The van der Waals surface area contributed by atoms with E-state index in [1.807, 2.05) is 110 Å². The van der Waals surface area contributed by atoms with Gasteiger partial charge < -0.3 is 34.0 Å². The smallest absolute Gasteiger partial charge is 0.240 e. The lowest BCUT2D eigenvalue weighted by Gasteiger charge is -2.02. The summed E-state index contributed by atoms with van der Waals surface area (Å²) in [7, 11) is 3.28. The summed E-state index contributed by atoms with van der Waals surface area (Å²) in [6.45, 7) is 59.0. The number of nitrogens with zero attached hydrogens (tertiary/aromatic N) is 10. The van der Waals surface area contributed by atoms with E-state index in [2.05, 4.69) is 161 Å². The van der Waals surface area contributed by atoms with Crippen LogP contribution in [0.4, 0.5) is 0 Å². The molecule has 0 unspecified atom stereocenters. The van der Waals surface area contributed by atoms with Gasteiger partial charge in [0.1, 0.15) is 28.3 Å². The van der Waals surface area contributed by atoms with E-state index < -0.39 is 0 Å². The summed E-state index contributed by atoms with van der Waals surface area (Å²) >= 11 is 4.39. The number of hydrogen-bond donors (Lipinski definition) is 6. The highest BCUT2D eigenvalue weighted by Crippen LogP contribution is 2.21. The second-order valence-electron chi connectivity index (χ2n) is 22.6. The largest absolute Gasteiger partial charge is 0.472 e. The summed E-state index contributed by atoms with van der Waals surface area (Å²) in [5, 5.41) is 23.0. The van der Waals surface area contributed by atoms with Gasteiger partial charge in [0, 0.05) is 89.5 Å². The highest BCUT2D eigenvalue weighted by atomic mass is 32.2. The number of aromatic amines is 1. The maximum Gasteiger partial charge on any atom is 0.240 e. The summed E-state index contributed by atoms with van der Waals surface area (Å²) < 4.78 is 25.4. The van der Waals surface area contributed by atoms with Crippen LogP contribution in [-0.2, 0) is 19.3 Å². The third-order valence-corrected chi connectivity index (χ3v) is 13.4. The van der Waals surface area contributed by atoms with Crippen molar-refractivity contribution in [3.8, 4) is 0 Å². The zero-order valence-corrected chi connectivity index (χ0v) is 59.2. The normalized spacial score (nSPS) is 12.5. The first-order valence-corrected chi connectivity index (χ1v) is 31.3. The molecule has 0 bridgehead atoms. The van der Waals surface area contributed by atoms with Crippen molar-refractivity contribution < 1.29 is 28.2 Å². The highest BCUT2D eigenvalue weighted by molar-refractivity contribution is 8.02. The number of nitrogens with one attached hydrogen (secondary N) is 6. The van der Waals surface area contributed by atoms with Crippen LogP contribution in [0.3, 0.4) is 0 Å². The van der Waals surface area contributed by atoms with Crippen LogP contribution in [0.1, 0.15) is 218 Å². The number of amides is 2. The number of aliphatic imine (C=N–C) groups is 3. The number of amidine groups is 3. The number of carbonyl (C=O) groups is 2. The van der Waals surface area contributed by atoms with E-state index in [-0.39, 0.29) is 35.0 Å². The van der Waals surface area contributed by atoms with E-state index in [1.54, 1.807) is 32.6 Å². The van der Waals surface area contributed by atoms with Gasteiger partial charge in [-0.25, -0.2) is 16.0 Å². The van der Waals surface area contributed by atoms with E-state index in [0.717, 1.165) is 62.5 Å². The number of hydrogen-bond acceptors (Lipinski definition) is 23. The molecule has 0 fully saturated rings. The number of hydroxylamine groups is 2. The van der Waals surface area contributed by atoms with Crippen molar-refractivity contribution in [3.63, 3.8) is 0 Å². The number of aromatic nitrogens is 8. The van der Waals surface area contributed by atoms with Gasteiger partial charge in [0.2, 0.25) is 23.6 Å². The molecule has 5 aromatic heterocycles. The molecule has 0 spiro atoms. The van der Waals surface area contributed by atoms with Gasteiger partial charge in [0.05, 0.1) is 47.0 Å². The van der Waals surface area contributed by atoms with Gasteiger partial charge in [-0.2, -0.15) is 28.3 Å². The molecule has 0 aromatic carbocycles. The molecule has 0 aliphatic carbocycles. The van der Waals surface area contributed by atoms with Crippen LogP contribution in [0.15, 0.2) is 89.9 Å². The van der Waals surface area contributed by atoms with Crippen molar-refractivity contribution in [2.45, 2.75) is 196 Å². The minimum Gasteiger partial charge on any atom is -0.472 e. The Hall–Kier alpha value is -7.06. The zero-order chi connectivity index (χ0) is 67.3. The summed E-state index contributed by atoms with van der Waals surface area (Å²) in [6, 6.07) is 4.11. The van der Waals surface area contributed by atoms with Crippen LogP contribution < -0.4 is 31.7 Å². The number of aryl methyl sites for hydroxylation is 4. The minimum absolute atomic E-state index is 0.0972. The Labute approximate surface area is 531 Å². The third-order valence-electron chi connectivity index (χ3n) is 11.0. The highest BCUT2D eigenvalue weighted by Gasteiger charge is 2.15. The predicted molar refractivity (Wildman–Crippen MR) is 358 cm³/mol. The van der Waals surface area contributed by atoms with Crippen molar-refractivity contribution in [3.05, 3.63) is 122 Å². The molecule has 5 aromatic rings. The average molecular weight is 1270 g/mol. The SMILES string of the molecule is C=C1N=C(C(C)C)NO1.C=C1N=C(C(C)C)NO1.C=C1N=C(C(C)C)NS1.CC(C)c1nn[nH]n1.CNC(=O)C(C)C.CNC(=O)C(C)C.Cc1cc(C(C)C)on1.Cc1cc(C(C)C)sn1.Cc1cocc(C(C)C)c1=O.Cc1nsnc1C(C)C. The molecule has 0 saturated heterocycles. The quantitative estimate of drug-likeness (QED) is 0.0708. The Bertz CT molecular complexity index is 2760. The van der Waals surface area contributed by atoms with Crippen molar-refractivity contribution >= 4 is 64.5 Å².